The molecule has 1 saturated heterocycles. The van der Waals surface area contributed by atoms with Gasteiger partial charge in [0.2, 0.25) is 5.91 Å². The Labute approximate surface area is 155 Å². The number of hydrogen-bond acceptors (Lipinski definition) is 3. The van der Waals surface area contributed by atoms with Gasteiger partial charge < -0.3 is 9.73 Å². The maximum Gasteiger partial charge on any atom is 0.227 e. The lowest BCUT2D eigenvalue weighted by molar-refractivity contribution is -0.123. The number of piperidine rings is 1. The van der Waals surface area contributed by atoms with Crippen LogP contribution in [-0.4, -0.2) is 30.4 Å². The van der Waals surface area contributed by atoms with Gasteiger partial charge in [0.15, 0.2) is 0 Å². The summed E-state index contributed by atoms with van der Waals surface area (Å²) in [5.41, 5.74) is 2.54. The first-order valence-corrected chi connectivity index (χ1v) is 9.96. The molecule has 2 heterocycles. The molecule has 26 heavy (non-hydrogen) atoms. The second-order valence-corrected chi connectivity index (χ2v) is 7.52. The highest BCUT2D eigenvalue weighted by atomic mass is 16.3. The van der Waals surface area contributed by atoms with Gasteiger partial charge >= 0.3 is 0 Å². The number of amides is 1. The van der Waals surface area contributed by atoms with Crippen LogP contribution in [0.5, 0.6) is 0 Å². The molecule has 0 bridgehead atoms. The van der Waals surface area contributed by atoms with Crippen molar-refractivity contribution in [2.24, 2.45) is 0 Å². The largest absolute Gasteiger partial charge is 0.468 e. The fourth-order valence-corrected chi connectivity index (χ4v) is 4.47. The number of nitrogens with zero attached hydrogens (tertiary/aromatic N) is 1. The normalized spacial score (nSPS) is 21.8. The molecule has 4 heteroatoms. The van der Waals surface area contributed by atoms with Gasteiger partial charge in [-0.3, -0.25) is 9.69 Å². The lowest BCUT2D eigenvalue weighted by Crippen LogP contribution is -2.42. The number of nitrogens with one attached hydrogen (secondary N) is 1. The van der Waals surface area contributed by atoms with Crippen molar-refractivity contribution in [1.29, 1.82) is 0 Å². The maximum atomic E-state index is 13.0. The summed E-state index contributed by atoms with van der Waals surface area (Å²) in [5, 5.41) is 3.24. The molecular weight excluding hydrogens is 324 g/mol. The summed E-state index contributed by atoms with van der Waals surface area (Å²) < 4.78 is 5.69. The Morgan fingerprint density at radius 1 is 1.12 bits per heavy atom. The molecule has 0 saturated carbocycles. The maximum absolute atomic E-state index is 13.0. The topological polar surface area (TPSA) is 45.5 Å². The van der Waals surface area contributed by atoms with Crippen molar-refractivity contribution in [2.75, 3.05) is 19.6 Å². The molecule has 2 aromatic rings. The molecule has 1 amide bonds. The Morgan fingerprint density at radius 3 is 2.77 bits per heavy atom. The summed E-state index contributed by atoms with van der Waals surface area (Å²) in [5.74, 6) is 1.10. The molecule has 138 valence electrons. The van der Waals surface area contributed by atoms with Gasteiger partial charge in [0.1, 0.15) is 5.76 Å². The lowest BCUT2D eigenvalue weighted by Gasteiger charge is -2.34. The zero-order valence-electron chi connectivity index (χ0n) is 15.3. The van der Waals surface area contributed by atoms with Gasteiger partial charge in [-0.1, -0.05) is 30.7 Å². The third-order valence-electron chi connectivity index (χ3n) is 5.86. The molecule has 4 nitrogen and oxygen atoms in total. The van der Waals surface area contributed by atoms with Crippen LogP contribution in [0, 0.1) is 0 Å². The van der Waals surface area contributed by atoms with Crippen molar-refractivity contribution >= 4 is 5.91 Å². The van der Waals surface area contributed by atoms with Gasteiger partial charge in [-0.25, -0.2) is 0 Å². The van der Waals surface area contributed by atoms with Crippen molar-refractivity contribution in [1.82, 2.24) is 10.2 Å². The van der Waals surface area contributed by atoms with E-state index in [9.17, 15) is 4.79 Å². The fourth-order valence-electron chi connectivity index (χ4n) is 4.47. The van der Waals surface area contributed by atoms with E-state index >= 15 is 0 Å². The summed E-state index contributed by atoms with van der Waals surface area (Å²) in [7, 11) is 0. The number of rotatable bonds is 5. The molecule has 1 fully saturated rings. The molecule has 4 rings (SSSR count). The van der Waals surface area contributed by atoms with Crippen molar-refractivity contribution < 1.29 is 9.21 Å². The number of hydrogen-bond donors (Lipinski definition) is 1. The first kappa shape index (κ1) is 17.3. The summed E-state index contributed by atoms with van der Waals surface area (Å²) in [4.78, 5) is 15.4. The molecule has 1 N–H and O–H groups in total. The summed E-state index contributed by atoms with van der Waals surface area (Å²) in [6.07, 6.45) is 8.59. The number of carbonyl (C=O) groups is 1. The molecule has 2 unspecified atom stereocenters. The van der Waals surface area contributed by atoms with Crippen molar-refractivity contribution in [3.05, 3.63) is 59.5 Å². The molecule has 1 aromatic carbocycles. The minimum absolute atomic E-state index is 0.0152. The first-order chi connectivity index (χ1) is 12.8. The zero-order chi connectivity index (χ0) is 17.8. The van der Waals surface area contributed by atoms with Gasteiger partial charge in [-0.05, 0) is 68.5 Å². The standard InChI is InChI=1S/C22H28N2O2/c25-22(19-11-6-9-17-8-2-3-10-18(17)19)23-16-20(21-12-7-15-26-21)24-13-4-1-5-14-24/h2-3,7-8,10,12,15,19-20H,1,4-6,9,11,13-14,16H2,(H,23,25). The van der Waals surface area contributed by atoms with E-state index in [1.165, 1.54) is 30.4 Å². The smallest absolute Gasteiger partial charge is 0.227 e. The molecule has 1 aliphatic heterocycles. The van der Waals surface area contributed by atoms with Crippen LogP contribution in [-0.2, 0) is 11.2 Å². The minimum atomic E-state index is -0.0152. The molecule has 2 aliphatic rings. The van der Waals surface area contributed by atoms with E-state index in [1.807, 2.05) is 18.2 Å². The Bertz CT molecular complexity index is 720. The summed E-state index contributed by atoms with van der Waals surface area (Å²) in [6.45, 7) is 2.77. The van der Waals surface area contributed by atoms with Crippen molar-refractivity contribution in [2.45, 2.75) is 50.5 Å². The molecule has 0 spiro atoms. The number of aryl methyl sites for hydroxylation is 1. The zero-order valence-corrected chi connectivity index (χ0v) is 15.3. The van der Waals surface area contributed by atoms with E-state index in [0.29, 0.717) is 6.54 Å². The number of benzene rings is 1. The molecule has 1 aromatic heterocycles. The highest BCUT2D eigenvalue weighted by Gasteiger charge is 2.29. The average molecular weight is 352 g/mol. The summed E-state index contributed by atoms with van der Waals surface area (Å²) in [6, 6.07) is 12.5. The second-order valence-electron chi connectivity index (χ2n) is 7.52. The Kier molecular flexibility index (Phi) is 5.40. The average Bonchev–Trinajstić information content (AvgIpc) is 3.23. The van der Waals surface area contributed by atoms with Crippen molar-refractivity contribution in [3.63, 3.8) is 0 Å². The van der Waals surface area contributed by atoms with Crippen LogP contribution in [0.4, 0.5) is 0 Å². The molecule has 0 radical (unpaired) electrons. The molecule has 1 aliphatic carbocycles. The molecule has 2 atom stereocenters. The van der Waals surface area contributed by atoms with Gasteiger partial charge in [0.25, 0.3) is 0 Å². The van der Waals surface area contributed by atoms with E-state index in [1.54, 1.807) is 6.26 Å². The van der Waals surface area contributed by atoms with Crippen LogP contribution in [0.15, 0.2) is 47.1 Å². The number of fused-ring (bicyclic) bond motifs is 1. The first-order valence-electron chi connectivity index (χ1n) is 9.96. The third-order valence-corrected chi connectivity index (χ3v) is 5.86. The summed E-state index contributed by atoms with van der Waals surface area (Å²) >= 11 is 0. The Hall–Kier alpha value is -2.07. The second kappa shape index (κ2) is 8.09. The van der Waals surface area contributed by atoms with Gasteiger partial charge in [-0.2, -0.15) is 0 Å². The Balaban J connectivity index is 1.45. The van der Waals surface area contributed by atoms with Crippen LogP contribution in [0.1, 0.15) is 61.0 Å². The highest BCUT2D eigenvalue weighted by molar-refractivity contribution is 5.84. The number of likely N-dealkylation sites (tertiary alicyclic amines) is 1. The number of carbonyl (C=O) groups excluding carboxylic acids is 1. The van der Waals surface area contributed by atoms with E-state index in [4.69, 9.17) is 4.42 Å². The Morgan fingerprint density at radius 2 is 1.96 bits per heavy atom. The van der Waals surface area contributed by atoms with Crippen LogP contribution in [0.3, 0.4) is 0 Å². The van der Waals surface area contributed by atoms with Gasteiger partial charge in [0.05, 0.1) is 18.2 Å². The fraction of sp³-hybridized carbons (Fsp3) is 0.500. The van der Waals surface area contributed by atoms with Crippen LogP contribution >= 0.6 is 0 Å². The van der Waals surface area contributed by atoms with E-state index < -0.39 is 0 Å². The van der Waals surface area contributed by atoms with E-state index in [0.717, 1.165) is 38.1 Å². The van der Waals surface area contributed by atoms with Crippen LogP contribution in [0.2, 0.25) is 0 Å². The molecular formula is C22H28N2O2. The lowest BCUT2D eigenvalue weighted by atomic mass is 9.82. The SMILES string of the molecule is O=C(NCC(c1ccco1)N1CCCCC1)C1CCCc2ccccc21. The van der Waals surface area contributed by atoms with Gasteiger partial charge in [-0.15, -0.1) is 0 Å². The van der Waals surface area contributed by atoms with Crippen molar-refractivity contribution in [3.8, 4) is 0 Å². The van der Waals surface area contributed by atoms with Gasteiger partial charge in [0, 0.05) is 6.54 Å². The predicted octanol–water partition coefficient (Wildman–Crippen LogP) is 4.04. The minimum Gasteiger partial charge on any atom is -0.468 e. The van der Waals surface area contributed by atoms with E-state index in [2.05, 4.69) is 28.4 Å². The predicted molar refractivity (Wildman–Crippen MR) is 102 cm³/mol. The van der Waals surface area contributed by atoms with E-state index in [-0.39, 0.29) is 17.9 Å². The monoisotopic (exact) mass is 352 g/mol. The number of furan rings is 1. The quantitative estimate of drug-likeness (QED) is 0.883. The van der Waals surface area contributed by atoms with Crippen LogP contribution in [0.25, 0.3) is 0 Å². The van der Waals surface area contributed by atoms with Crippen LogP contribution < -0.4 is 5.32 Å². The third kappa shape index (κ3) is 3.70. The highest BCUT2D eigenvalue weighted by Crippen LogP contribution is 2.32.